The van der Waals surface area contributed by atoms with Gasteiger partial charge in [0.15, 0.2) is 0 Å². The second-order valence-corrected chi connectivity index (χ2v) is 0.408. The third-order valence-corrected chi connectivity index (χ3v) is 0. The lowest BCUT2D eigenvalue weighted by molar-refractivity contribution is 0.124. The molecule has 0 spiro atoms. The fourth-order valence-corrected chi connectivity index (χ4v) is 0. The van der Waals surface area contributed by atoms with E-state index >= 15 is 0 Å². The van der Waals surface area contributed by atoms with Crippen LogP contribution in [-0.2, 0) is 4.37 Å². The van der Waals surface area contributed by atoms with Crippen molar-refractivity contribution in [1.29, 1.82) is 0 Å². The minimum atomic E-state index is 1.08. The summed E-state index contributed by atoms with van der Waals surface area (Å²) in [4.78, 5) is 0. The van der Waals surface area contributed by atoms with Gasteiger partial charge < -0.3 is 4.37 Å². The summed E-state index contributed by atoms with van der Waals surface area (Å²) in [6.45, 7) is 0. The molecule has 0 heterocycles. The number of hydrogen-bond acceptors (Lipinski definition) is 0. The van der Waals surface area contributed by atoms with Crippen molar-refractivity contribution < 1.29 is 4.37 Å². The Morgan fingerprint density at radius 1 is 1.00 bits per heavy atom. The van der Waals surface area contributed by atoms with Crippen molar-refractivity contribution in [2.75, 3.05) is 0 Å². The average Bonchev–Trinajstić information content (AvgIpc) is 0.811. The van der Waals surface area contributed by atoms with Crippen LogP contribution in [0.15, 0.2) is 0 Å². The molecular formula is C3H3O+. The fraction of sp³-hybridized carbons (Fsp3) is 0. The van der Waals surface area contributed by atoms with Crippen molar-refractivity contribution in [1.82, 2.24) is 0 Å². The number of rotatable bonds is 0. The van der Waals surface area contributed by atoms with E-state index in [0.717, 1.165) is 4.37 Å². The van der Waals surface area contributed by atoms with Crippen LogP contribution >= 0.6 is 0 Å². The van der Waals surface area contributed by atoms with Crippen LogP contribution in [0.5, 0.6) is 0 Å². The van der Waals surface area contributed by atoms with Crippen LogP contribution in [0.1, 0.15) is 0 Å². The Morgan fingerprint density at radius 3 is 1.00 bits per heavy atom. The molecule has 0 aromatic heterocycles. The number of hydrogen-bond donors (Lipinski definition) is 0. The molecule has 0 aromatic rings. The molecule has 0 fully saturated rings. The van der Waals surface area contributed by atoms with E-state index in [0.29, 0.717) is 0 Å². The van der Waals surface area contributed by atoms with Crippen LogP contribution in [0.25, 0.3) is 0 Å². The van der Waals surface area contributed by atoms with Gasteiger partial charge in [0.25, 0.3) is 0 Å². The highest BCUT2D eigenvalue weighted by atomic mass is 16.6. The summed E-state index contributed by atoms with van der Waals surface area (Å²) in [6.07, 6.45) is 0. The lowest BCUT2D eigenvalue weighted by Crippen LogP contribution is -1.73. The van der Waals surface area contributed by atoms with Gasteiger partial charge in [-0.25, -0.2) is 0 Å². The third-order valence-electron chi connectivity index (χ3n) is 0. The maximum Gasteiger partial charge on any atom is 0.319 e. The van der Waals surface area contributed by atoms with Crippen molar-refractivity contribution in [3.05, 3.63) is 21.3 Å². The van der Waals surface area contributed by atoms with Gasteiger partial charge in [0, 0.05) is 0 Å². The highest BCUT2D eigenvalue weighted by molar-refractivity contribution is 4.21. The first-order valence-electron chi connectivity index (χ1n) is 0.707. The van der Waals surface area contributed by atoms with Crippen molar-refractivity contribution >= 4 is 0 Å². The Bertz CT molecular complexity index is 8.00. The zero-order valence-electron chi connectivity index (χ0n) is 2.14. The zero-order chi connectivity index (χ0) is 3.58. The molecule has 0 N–H and O–H groups in total. The predicted molar refractivity (Wildman–Crippen MR) is 14.0 cm³/mol. The maximum atomic E-state index is 4.42. The molecule has 0 aliphatic heterocycles. The molecule has 0 amide bonds. The van der Waals surface area contributed by atoms with Crippen LogP contribution < -0.4 is 0 Å². The summed E-state index contributed by atoms with van der Waals surface area (Å²) >= 11 is 0. The van der Waals surface area contributed by atoms with E-state index in [-0.39, 0.29) is 0 Å². The van der Waals surface area contributed by atoms with Gasteiger partial charge in [0.2, 0.25) is 0 Å². The summed E-state index contributed by atoms with van der Waals surface area (Å²) in [5.41, 5.74) is 0. The summed E-state index contributed by atoms with van der Waals surface area (Å²) in [7, 11) is 13.2. The summed E-state index contributed by atoms with van der Waals surface area (Å²) in [5, 5.41) is 0. The molecule has 0 aliphatic carbocycles. The summed E-state index contributed by atoms with van der Waals surface area (Å²) in [5.74, 6) is 0. The van der Waals surface area contributed by atoms with Crippen LogP contribution in [0.3, 0.4) is 0 Å². The Morgan fingerprint density at radius 2 is 1.00 bits per heavy atom. The van der Waals surface area contributed by atoms with Crippen LogP contribution in [0.4, 0.5) is 0 Å². The summed E-state index contributed by atoms with van der Waals surface area (Å²) in [6, 6.07) is 0. The van der Waals surface area contributed by atoms with E-state index in [9.17, 15) is 0 Å². The van der Waals surface area contributed by atoms with Crippen LogP contribution in [-0.4, -0.2) is 0 Å². The van der Waals surface area contributed by atoms with E-state index in [1.165, 1.54) is 0 Å². The lowest BCUT2D eigenvalue weighted by atomic mass is 11.4. The van der Waals surface area contributed by atoms with Gasteiger partial charge in [-0.2, -0.15) is 0 Å². The Balaban J connectivity index is 2.32. The quantitative estimate of drug-likeness (QED) is 0.356. The Kier molecular flexibility index (Phi) is 1.28. The fourth-order valence-electron chi connectivity index (χ4n) is 0. The second-order valence-electron chi connectivity index (χ2n) is 0.408. The second kappa shape index (κ2) is 1.30. The van der Waals surface area contributed by atoms with Crippen molar-refractivity contribution in [3.63, 3.8) is 0 Å². The molecule has 0 aliphatic rings. The van der Waals surface area contributed by atoms with Gasteiger partial charge in [-0.05, 0) is 0 Å². The Labute approximate surface area is 26.9 Å². The molecule has 0 saturated heterocycles. The molecule has 0 unspecified atom stereocenters. The van der Waals surface area contributed by atoms with Gasteiger partial charge in [-0.15, -0.1) is 0 Å². The minimum absolute atomic E-state index is 1.08. The molecule has 0 atom stereocenters. The topological polar surface area (TPSA) is 2.70 Å². The first-order valence-corrected chi connectivity index (χ1v) is 0.707. The highest BCUT2D eigenvalue weighted by Gasteiger charge is 1.74. The van der Waals surface area contributed by atoms with E-state index in [1.807, 2.05) is 0 Å². The maximum absolute atomic E-state index is 4.42. The van der Waals surface area contributed by atoms with Crippen LogP contribution in [0.2, 0.25) is 0 Å². The normalized spacial score (nSPS) is 9.00. The molecule has 0 rings (SSSR count). The van der Waals surface area contributed by atoms with Crippen molar-refractivity contribution in [3.8, 4) is 0 Å². The minimum Gasteiger partial charge on any atom is -0.378 e. The largest absolute Gasteiger partial charge is 0.378 e. The predicted octanol–water partition coefficient (Wildman–Crippen LogP) is 0.544. The van der Waals surface area contributed by atoms with Gasteiger partial charge in [-0.3, -0.25) is 0 Å². The molecule has 1 heteroatoms. The van der Waals surface area contributed by atoms with Gasteiger partial charge >= 0.3 is 21.3 Å². The lowest BCUT2D eigenvalue weighted by Gasteiger charge is -1.80. The average molecular weight is 55.1 g/mol. The molecule has 0 aromatic carbocycles. The molecule has 6 radical (unpaired) electrons. The Hall–Kier alpha value is -0.0400. The van der Waals surface area contributed by atoms with Crippen molar-refractivity contribution in [2.45, 2.75) is 0 Å². The molecule has 0 bridgehead atoms. The third kappa shape index (κ3) is 1130. The monoisotopic (exact) mass is 55.0 g/mol. The molecule has 4 heavy (non-hydrogen) atoms. The van der Waals surface area contributed by atoms with E-state index in [4.69, 9.17) is 0 Å². The molecule has 0 saturated carbocycles. The van der Waals surface area contributed by atoms with Gasteiger partial charge in [0.1, 0.15) is 0 Å². The first kappa shape index (κ1) is 3.96. The summed E-state index contributed by atoms with van der Waals surface area (Å²) < 4.78 is 1.08. The van der Waals surface area contributed by atoms with E-state index in [2.05, 4.69) is 21.3 Å². The first-order chi connectivity index (χ1) is 1.73. The van der Waals surface area contributed by atoms with Gasteiger partial charge in [0.05, 0.1) is 0 Å². The SMILES string of the molecule is [CH][O+]([CH])[CH]. The molecule has 20 valence electrons. The smallest absolute Gasteiger partial charge is 0.319 e. The molecule has 1 nitrogen and oxygen atoms in total. The van der Waals surface area contributed by atoms with E-state index in [1.54, 1.807) is 0 Å². The van der Waals surface area contributed by atoms with Crippen molar-refractivity contribution in [2.24, 2.45) is 0 Å². The highest BCUT2D eigenvalue weighted by Crippen LogP contribution is 1.74. The molecular weight excluding hydrogens is 52.0 g/mol. The van der Waals surface area contributed by atoms with Crippen LogP contribution in [0, 0.1) is 21.3 Å². The van der Waals surface area contributed by atoms with Gasteiger partial charge in [-0.1, -0.05) is 0 Å². The standard InChI is InChI=1S/C3H3O/c1-4(2)3/h1-3H/q+1. The van der Waals surface area contributed by atoms with E-state index < -0.39 is 0 Å². The zero-order valence-corrected chi connectivity index (χ0v) is 2.14.